The number of thiophene rings is 1. The molecule has 3 aromatic rings. The van der Waals surface area contributed by atoms with Crippen LogP contribution >= 0.6 is 11.3 Å². The zero-order valence-electron chi connectivity index (χ0n) is 15.7. The molecule has 3 heterocycles. The largest absolute Gasteiger partial charge is 0.469 e. The van der Waals surface area contributed by atoms with Gasteiger partial charge in [-0.2, -0.15) is 11.3 Å². The quantitative estimate of drug-likeness (QED) is 0.647. The molecule has 0 bridgehead atoms. The standard InChI is InChI=1S/C20H19N3O5S/c1-28-19(26)15-9-22(8-14(15)12-6-7-29-11-12)17(24)10-23-18(25)13-4-2-3-5-16(13)21-20(23)27/h2-7,11,14-15H,8-10H2,1H3,(H,21,27)/t14-,15-/m1/s1. The minimum Gasteiger partial charge on any atom is -0.469 e. The number of benzene rings is 1. The number of carbonyl (C=O) groups excluding carboxylic acids is 2. The van der Waals surface area contributed by atoms with Gasteiger partial charge in [0.05, 0.1) is 23.9 Å². The van der Waals surface area contributed by atoms with Crippen molar-refractivity contribution in [1.29, 1.82) is 0 Å². The number of aromatic nitrogens is 2. The normalized spacial score (nSPS) is 18.9. The van der Waals surface area contributed by atoms with Gasteiger partial charge in [-0.15, -0.1) is 0 Å². The van der Waals surface area contributed by atoms with E-state index in [1.807, 2.05) is 16.8 Å². The number of amides is 1. The smallest absolute Gasteiger partial charge is 0.329 e. The maximum absolute atomic E-state index is 12.9. The highest BCUT2D eigenvalue weighted by molar-refractivity contribution is 7.08. The molecule has 1 fully saturated rings. The van der Waals surface area contributed by atoms with Crippen molar-refractivity contribution in [2.45, 2.75) is 12.5 Å². The maximum atomic E-state index is 12.9. The molecule has 2 aromatic heterocycles. The Hall–Kier alpha value is -3.20. The summed E-state index contributed by atoms with van der Waals surface area (Å²) in [5, 5.41) is 4.21. The number of ether oxygens (including phenoxy) is 1. The lowest BCUT2D eigenvalue weighted by Crippen LogP contribution is -2.42. The number of nitrogens with zero attached hydrogens (tertiary/aromatic N) is 2. The minimum atomic E-state index is -0.639. The van der Waals surface area contributed by atoms with Crippen molar-refractivity contribution in [3.05, 3.63) is 67.5 Å². The van der Waals surface area contributed by atoms with E-state index in [-0.39, 0.29) is 30.9 Å². The molecule has 2 atom stereocenters. The third kappa shape index (κ3) is 3.49. The molecule has 0 spiro atoms. The second kappa shape index (κ2) is 7.67. The van der Waals surface area contributed by atoms with E-state index in [1.54, 1.807) is 24.3 Å². The van der Waals surface area contributed by atoms with Gasteiger partial charge >= 0.3 is 11.7 Å². The van der Waals surface area contributed by atoms with Crippen LogP contribution in [0.2, 0.25) is 0 Å². The van der Waals surface area contributed by atoms with E-state index in [2.05, 4.69) is 4.98 Å². The summed E-state index contributed by atoms with van der Waals surface area (Å²) in [6.45, 7) is 0.130. The molecule has 9 heteroatoms. The fourth-order valence-electron chi connectivity index (χ4n) is 3.80. The summed E-state index contributed by atoms with van der Waals surface area (Å²) in [5.74, 6) is -1.42. The van der Waals surface area contributed by atoms with E-state index >= 15 is 0 Å². The number of aromatic amines is 1. The number of carbonyl (C=O) groups is 2. The van der Waals surface area contributed by atoms with Crippen molar-refractivity contribution < 1.29 is 14.3 Å². The third-order valence-electron chi connectivity index (χ3n) is 5.33. The Morgan fingerprint density at radius 2 is 2.00 bits per heavy atom. The van der Waals surface area contributed by atoms with E-state index in [9.17, 15) is 19.2 Å². The van der Waals surface area contributed by atoms with Gasteiger partial charge in [0.1, 0.15) is 6.54 Å². The van der Waals surface area contributed by atoms with Crippen LogP contribution in [0.4, 0.5) is 0 Å². The Balaban J connectivity index is 1.61. The van der Waals surface area contributed by atoms with Crippen molar-refractivity contribution in [1.82, 2.24) is 14.5 Å². The topological polar surface area (TPSA) is 101 Å². The van der Waals surface area contributed by atoms with Crippen molar-refractivity contribution in [2.75, 3.05) is 20.2 Å². The summed E-state index contributed by atoms with van der Waals surface area (Å²) in [4.78, 5) is 54.3. The summed E-state index contributed by atoms with van der Waals surface area (Å²) >= 11 is 1.52. The van der Waals surface area contributed by atoms with Gasteiger partial charge in [-0.25, -0.2) is 4.79 Å². The predicted molar refractivity (Wildman–Crippen MR) is 108 cm³/mol. The van der Waals surface area contributed by atoms with Crippen LogP contribution in [0.1, 0.15) is 11.5 Å². The second-order valence-electron chi connectivity index (χ2n) is 6.96. The average molecular weight is 413 g/mol. The van der Waals surface area contributed by atoms with Gasteiger partial charge in [0.25, 0.3) is 5.56 Å². The second-order valence-corrected chi connectivity index (χ2v) is 7.74. The van der Waals surface area contributed by atoms with Crippen LogP contribution in [0.3, 0.4) is 0 Å². The first-order chi connectivity index (χ1) is 14.0. The number of hydrogen-bond acceptors (Lipinski definition) is 6. The number of esters is 1. The lowest BCUT2D eigenvalue weighted by Gasteiger charge is -2.16. The van der Waals surface area contributed by atoms with Gasteiger partial charge in [-0.05, 0) is 34.5 Å². The number of fused-ring (bicyclic) bond motifs is 1. The highest BCUT2D eigenvalue weighted by atomic mass is 32.1. The number of H-pyrrole nitrogens is 1. The van der Waals surface area contributed by atoms with E-state index in [0.717, 1.165) is 10.1 Å². The molecule has 1 saturated heterocycles. The van der Waals surface area contributed by atoms with Crippen LogP contribution in [0.25, 0.3) is 10.9 Å². The molecule has 1 amide bonds. The van der Waals surface area contributed by atoms with Crippen molar-refractivity contribution >= 4 is 34.1 Å². The average Bonchev–Trinajstić information content (AvgIpc) is 3.40. The summed E-state index contributed by atoms with van der Waals surface area (Å²) in [6, 6.07) is 8.58. The lowest BCUT2D eigenvalue weighted by atomic mass is 9.91. The maximum Gasteiger partial charge on any atom is 0.329 e. The SMILES string of the molecule is COC(=O)[C@@H]1CN(C(=O)Cn2c(=O)[nH]c3ccccc3c2=O)C[C@@H]1c1ccsc1. The van der Waals surface area contributed by atoms with Crippen molar-refractivity contribution in [3.8, 4) is 0 Å². The number of methoxy groups -OCH3 is 1. The minimum absolute atomic E-state index is 0.177. The lowest BCUT2D eigenvalue weighted by molar-refractivity contribution is -0.145. The summed E-state index contributed by atoms with van der Waals surface area (Å²) in [7, 11) is 1.33. The highest BCUT2D eigenvalue weighted by Gasteiger charge is 2.41. The number of rotatable bonds is 4. The van der Waals surface area contributed by atoms with Crippen LogP contribution in [0.5, 0.6) is 0 Å². The summed E-state index contributed by atoms with van der Waals surface area (Å²) in [5.41, 5.74) is 0.244. The molecule has 0 radical (unpaired) electrons. The van der Waals surface area contributed by atoms with Crippen LogP contribution in [-0.2, 0) is 20.9 Å². The molecule has 29 heavy (non-hydrogen) atoms. The Kier molecular flexibility index (Phi) is 5.06. The third-order valence-corrected chi connectivity index (χ3v) is 6.03. The molecule has 0 unspecified atom stereocenters. The summed E-state index contributed by atoms with van der Waals surface area (Å²) in [6.07, 6.45) is 0. The Labute approximate surface area is 169 Å². The van der Waals surface area contributed by atoms with Crippen LogP contribution in [0.15, 0.2) is 50.7 Å². The molecule has 1 aliphatic heterocycles. The van der Waals surface area contributed by atoms with Crippen LogP contribution in [-0.4, -0.2) is 46.5 Å². The van der Waals surface area contributed by atoms with Gasteiger partial charge < -0.3 is 14.6 Å². The Morgan fingerprint density at radius 1 is 1.21 bits per heavy atom. The fourth-order valence-corrected chi connectivity index (χ4v) is 4.52. The molecular weight excluding hydrogens is 394 g/mol. The molecule has 1 aromatic carbocycles. The first-order valence-electron chi connectivity index (χ1n) is 9.09. The molecule has 4 rings (SSSR count). The molecule has 0 saturated carbocycles. The molecular formula is C20H19N3O5S. The van der Waals surface area contributed by atoms with Gasteiger partial charge in [0, 0.05) is 19.0 Å². The summed E-state index contributed by atoms with van der Waals surface area (Å²) < 4.78 is 5.81. The van der Waals surface area contributed by atoms with Crippen molar-refractivity contribution in [3.63, 3.8) is 0 Å². The van der Waals surface area contributed by atoms with E-state index in [4.69, 9.17) is 4.74 Å². The number of para-hydroxylation sites is 1. The fraction of sp³-hybridized carbons (Fsp3) is 0.300. The van der Waals surface area contributed by atoms with Gasteiger partial charge in [0.15, 0.2) is 0 Å². The number of hydrogen-bond donors (Lipinski definition) is 1. The Morgan fingerprint density at radius 3 is 2.72 bits per heavy atom. The first kappa shape index (κ1) is 19.1. The zero-order chi connectivity index (χ0) is 20.5. The van der Waals surface area contributed by atoms with E-state index < -0.39 is 17.2 Å². The zero-order valence-corrected chi connectivity index (χ0v) is 16.5. The van der Waals surface area contributed by atoms with E-state index in [0.29, 0.717) is 17.4 Å². The molecule has 1 N–H and O–H groups in total. The first-order valence-corrected chi connectivity index (χ1v) is 10.0. The molecule has 0 aliphatic carbocycles. The molecule has 150 valence electrons. The van der Waals surface area contributed by atoms with Gasteiger partial charge in [-0.1, -0.05) is 12.1 Å². The monoisotopic (exact) mass is 413 g/mol. The highest BCUT2D eigenvalue weighted by Crippen LogP contribution is 2.34. The van der Waals surface area contributed by atoms with Crippen LogP contribution in [0, 0.1) is 5.92 Å². The molecule has 8 nitrogen and oxygen atoms in total. The number of nitrogens with one attached hydrogen (secondary N) is 1. The predicted octanol–water partition coefficient (Wildman–Crippen LogP) is 1.17. The Bertz CT molecular complexity index is 1180. The molecule has 1 aliphatic rings. The van der Waals surface area contributed by atoms with E-state index in [1.165, 1.54) is 23.3 Å². The van der Waals surface area contributed by atoms with Crippen molar-refractivity contribution in [2.24, 2.45) is 5.92 Å². The van der Waals surface area contributed by atoms with Gasteiger partial charge in [0.2, 0.25) is 5.91 Å². The van der Waals surface area contributed by atoms with Gasteiger partial charge in [-0.3, -0.25) is 19.0 Å². The number of likely N-dealkylation sites (tertiary alicyclic amines) is 1. The van der Waals surface area contributed by atoms with Crippen LogP contribution < -0.4 is 11.2 Å².